The molecule has 1 aliphatic rings. The van der Waals surface area contributed by atoms with Crippen molar-refractivity contribution in [2.45, 2.75) is 35.8 Å². The van der Waals surface area contributed by atoms with Crippen LogP contribution in [-0.2, 0) is 17.1 Å². The van der Waals surface area contributed by atoms with E-state index in [0.717, 1.165) is 11.0 Å². The molecule has 1 aliphatic carbocycles. The van der Waals surface area contributed by atoms with Crippen LogP contribution in [-0.4, -0.2) is 35.7 Å². The van der Waals surface area contributed by atoms with Gasteiger partial charge < -0.3 is 0 Å². The van der Waals surface area contributed by atoms with Crippen molar-refractivity contribution in [3.05, 3.63) is 12.4 Å². The van der Waals surface area contributed by atoms with Crippen LogP contribution in [0.3, 0.4) is 0 Å². The van der Waals surface area contributed by atoms with Crippen molar-refractivity contribution in [3.63, 3.8) is 0 Å². The lowest BCUT2D eigenvalue weighted by atomic mass is 10.4. The number of hydrogen-bond donors (Lipinski definition) is 1. The number of thioether (sulfide) groups is 1. The molecule has 0 spiro atoms. The summed E-state index contributed by atoms with van der Waals surface area (Å²) in [6, 6.07) is 0. The highest BCUT2D eigenvalue weighted by molar-refractivity contribution is 8.00. The van der Waals surface area contributed by atoms with Gasteiger partial charge in [-0.1, -0.05) is 12.8 Å². The van der Waals surface area contributed by atoms with Crippen LogP contribution in [0.15, 0.2) is 17.3 Å². The van der Waals surface area contributed by atoms with Crippen LogP contribution < -0.4 is 4.72 Å². The van der Waals surface area contributed by atoms with Gasteiger partial charge in [-0.05, 0) is 12.8 Å². The molecule has 0 aliphatic heterocycles. The number of aryl methyl sites for hydroxylation is 1. The third-order valence-electron chi connectivity index (χ3n) is 3.04. The molecule has 1 N–H and O–H groups in total. The molecule has 18 heavy (non-hydrogen) atoms. The van der Waals surface area contributed by atoms with E-state index in [2.05, 4.69) is 9.82 Å². The number of rotatable bonds is 6. The zero-order valence-corrected chi connectivity index (χ0v) is 12.1. The standard InChI is InChI=1S/C11H19N3O2S2/c1-14-9-11(8-12-14)18(15,16)13-6-7-17-10-4-2-3-5-10/h8-10,13H,2-7H2,1H3. The summed E-state index contributed by atoms with van der Waals surface area (Å²) in [6.45, 7) is 0.485. The van der Waals surface area contributed by atoms with Crippen molar-refractivity contribution < 1.29 is 8.42 Å². The zero-order chi connectivity index (χ0) is 13.0. The van der Waals surface area contributed by atoms with Gasteiger partial charge in [-0.3, -0.25) is 4.68 Å². The molecule has 0 amide bonds. The Labute approximate surface area is 112 Å². The van der Waals surface area contributed by atoms with Crippen LogP contribution in [0.5, 0.6) is 0 Å². The number of nitrogens with one attached hydrogen (secondary N) is 1. The molecule has 0 bridgehead atoms. The monoisotopic (exact) mass is 289 g/mol. The van der Waals surface area contributed by atoms with Crippen LogP contribution in [0.4, 0.5) is 0 Å². The maximum absolute atomic E-state index is 11.9. The van der Waals surface area contributed by atoms with Crippen LogP contribution in [0.2, 0.25) is 0 Å². The second-order valence-corrected chi connectivity index (χ2v) is 7.70. The van der Waals surface area contributed by atoms with Gasteiger partial charge in [0, 0.05) is 30.8 Å². The van der Waals surface area contributed by atoms with Gasteiger partial charge in [-0.25, -0.2) is 13.1 Å². The minimum absolute atomic E-state index is 0.232. The van der Waals surface area contributed by atoms with Crippen molar-refractivity contribution in [2.24, 2.45) is 7.05 Å². The Balaban J connectivity index is 1.75. The summed E-state index contributed by atoms with van der Waals surface area (Å²) in [5.74, 6) is 0.837. The molecule has 1 heterocycles. The molecule has 1 aromatic heterocycles. The molecule has 0 aromatic carbocycles. The largest absolute Gasteiger partial charge is 0.274 e. The molecule has 1 saturated carbocycles. The first-order valence-electron chi connectivity index (χ1n) is 6.18. The number of sulfonamides is 1. The molecule has 7 heteroatoms. The molecular formula is C11H19N3O2S2. The molecule has 0 unspecified atom stereocenters. The van der Waals surface area contributed by atoms with Gasteiger partial charge in [0.1, 0.15) is 4.90 Å². The van der Waals surface area contributed by atoms with Gasteiger partial charge in [-0.2, -0.15) is 16.9 Å². The molecule has 102 valence electrons. The Morgan fingerprint density at radius 1 is 1.50 bits per heavy atom. The summed E-state index contributed by atoms with van der Waals surface area (Å²) in [5, 5.41) is 4.60. The van der Waals surface area contributed by atoms with E-state index in [1.54, 1.807) is 7.05 Å². The minimum atomic E-state index is -3.38. The Bertz CT molecular complexity index is 478. The van der Waals surface area contributed by atoms with E-state index in [1.165, 1.54) is 42.8 Å². The van der Waals surface area contributed by atoms with E-state index < -0.39 is 10.0 Å². The molecule has 1 fully saturated rings. The zero-order valence-electron chi connectivity index (χ0n) is 10.5. The third kappa shape index (κ3) is 3.73. The number of aromatic nitrogens is 2. The maximum Gasteiger partial charge on any atom is 0.243 e. The second-order valence-electron chi connectivity index (χ2n) is 4.52. The highest BCUT2D eigenvalue weighted by atomic mass is 32.2. The Kier molecular flexibility index (Phi) is 4.69. The lowest BCUT2D eigenvalue weighted by Crippen LogP contribution is -2.26. The van der Waals surface area contributed by atoms with Crippen molar-refractivity contribution >= 4 is 21.8 Å². The highest BCUT2D eigenvalue weighted by Crippen LogP contribution is 2.28. The SMILES string of the molecule is Cn1cc(S(=O)(=O)NCCSC2CCCC2)cn1. The maximum atomic E-state index is 11.9. The Morgan fingerprint density at radius 3 is 2.83 bits per heavy atom. The van der Waals surface area contributed by atoms with Crippen LogP contribution in [0.1, 0.15) is 25.7 Å². The van der Waals surface area contributed by atoms with Crippen molar-refractivity contribution in [3.8, 4) is 0 Å². The lowest BCUT2D eigenvalue weighted by molar-refractivity contribution is 0.584. The van der Waals surface area contributed by atoms with Gasteiger partial charge in [0.05, 0.1) is 6.20 Å². The molecular weight excluding hydrogens is 270 g/mol. The van der Waals surface area contributed by atoms with Crippen molar-refractivity contribution in [1.82, 2.24) is 14.5 Å². The summed E-state index contributed by atoms with van der Waals surface area (Å²) in [5.41, 5.74) is 0. The molecule has 0 saturated heterocycles. The summed E-state index contributed by atoms with van der Waals surface area (Å²) in [7, 11) is -1.68. The smallest absolute Gasteiger partial charge is 0.243 e. The normalized spacial score (nSPS) is 17.4. The van der Waals surface area contributed by atoms with E-state index in [-0.39, 0.29) is 4.90 Å². The predicted octanol–water partition coefficient (Wildman–Crippen LogP) is 1.37. The predicted molar refractivity (Wildman–Crippen MR) is 73.1 cm³/mol. The van der Waals surface area contributed by atoms with Gasteiger partial charge in [-0.15, -0.1) is 0 Å². The van der Waals surface area contributed by atoms with Crippen molar-refractivity contribution in [2.75, 3.05) is 12.3 Å². The Morgan fingerprint density at radius 2 is 2.22 bits per heavy atom. The number of nitrogens with zero attached hydrogens (tertiary/aromatic N) is 2. The van der Waals surface area contributed by atoms with Gasteiger partial charge in [0.2, 0.25) is 10.0 Å². The molecule has 5 nitrogen and oxygen atoms in total. The Hall–Kier alpha value is -0.530. The topological polar surface area (TPSA) is 64.0 Å². The third-order valence-corrected chi connectivity index (χ3v) is 5.84. The average molecular weight is 289 g/mol. The average Bonchev–Trinajstić information content (AvgIpc) is 2.95. The molecule has 0 atom stereocenters. The van der Waals surface area contributed by atoms with Gasteiger partial charge >= 0.3 is 0 Å². The summed E-state index contributed by atoms with van der Waals surface area (Å²) < 4.78 is 27.8. The summed E-state index contributed by atoms with van der Waals surface area (Å²) in [6.07, 6.45) is 8.07. The highest BCUT2D eigenvalue weighted by Gasteiger charge is 2.17. The van der Waals surface area contributed by atoms with Gasteiger partial charge in [0.15, 0.2) is 0 Å². The van der Waals surface area contributed by atoms with E-state index in [9.17, 15) is 8.42 Å². The van der Waals surface area contributed by atoms with Crippen LogP contribution >= 0.6 is 11.8 Å². The first-order valence-corrected chi connectivity index (χ1v) is 8.71. The van der Waals surface area contributed by atoms with Crippen LogP contribution in [0.25, 0.3) is 0 Å². The summed E-state index contributed by atoms with van der Waals surface area (Å²) in [4.78, 5) is 0.232. The number of hydrogen-bond acceptors (Lipinski definition) is 4. The van der Waals surface area contributed by atoms with Gasteiger partial charge in [0.25, 0.3) is 0 Å². The lowest BCUT2D eigenvalue weighted by Gasteiger charge is -2.09. The molecule has 1 aromatic rings. The second kappa shape index (κ2) is 6.08. The van der Waals surface area contributed by atoms with E-state index in [0.29, 0.717) is 6.54 Å². The minimum Gasteiger partial charge on any atom is -0.274 e. The first-order chi connectivity index (χ1) is 8.58. The fourth-order valence-electron chi connectivity index (χ4n) is 2.08. The van der Waals surface area contributed by atoms with E-state index in [1.807, 2.05) is 11.8 Å². The fraction of sp³-hybridized carbons (Fsp3) is 0.727. The first kappa shape index (κ1) is 13.9. The molecule has 0 radical (unpaired) electrons. The quantitative estimate of drug-likeness (QED) is 0.804. The van der Waals surface area contributed by atoms with Crippen molar-refractivity contribution in [1.29, 1.82) is 0 Å². The summed E-state index contributed by atoms with van der Waals surface area (Å²) >= 11 is 1.88. The van der Waals surface area contributed by atoms with E-state index in [4.69, 9.17) is 0 Å². The fourth-order valence-corrected chi connectivity index (χ4v) is 4.44. The van der Waals surface area contributed by atoms with Crippen LogP contribution in [0, 0.1) is 0 Å². The molecule has 2 rings (SSSR count). The van der Waals surface area contributed by atoms with E-state index >= 15 is 0 Å².